The van der Waals surface area contributed by atoms with Crippen LogP contribution < -0.4 is 15.9 Å². The van der Waals surface area contributed by atoms with Crippen LogP contribution in [0, 0.1) is 0 Å². The fourth-order valence-corrected chi connectivity index (χ4v) is 8.41. The minimum Gasteiger partial charge on any atom is -0.455 e. The van der Waals surface area contributed by atoms with E-state index in [1.165, 1.54) is 46.9 Å². The van der Waals surface area contributed by atoms with Crippen LogP contribution in [-0.2, 0) is 0 Å². The van der Waals surface area contributed by atoms with Crippen molar-refractivity contribution < 1.29 is 4.42 Å². The average molecular weight is 459 g/mol. The average Bonchev–Trinajstić information content (AvgIpc) is 3.43. The Morgan fingerprint density at radius 1 is 0.515 bits per heavy atom. The highest BCUT2D eigenvalue weighted by Gasteiger charge is 2.22. The molecule has 1 atom stereocenters. The summed E-state index contributed by atoms with van der Waals surface area (Å²) in [4.78, 5) is 0. The van der Waals surface area contributed by atoms with E-state index in [0.717, 1.165) is 11.2 Å². The van der Waals surface area contributed by atoms with E-state index in [1.54, 1.807) is 0 Å². The van der Waals surface area contributed by atoms with E-state index in [1.807, 2.05) is 17.4 Å². The third-order valence-electron chi connectivity index (χ3n) is 6.26. The van der Waals surface area contributed by atoms with E-state index >= 15 is 0 Å². The Bertz CT molecular complexity index is 1780. The summed E-state index contributed by atoms with van der Waals surface area (Å²) in [5.74, 6) is 0. The van der Waals surface area contributed by atoms with Gasteiger partial charge >= 0.3 is 0 Å². The van der Waals surface area contributed by atoms with Crippen molar-refractivity contribution in [2.24, 2.45) is 0 Å². The van der Waals surface area contributed by atoms with Crippen LogP contribution in [0.4, 0.5) is 0 Å². The number of benzene rings is 5. The summed E-state index contributed by atoms with van der Waals surface area (Å²) in [5, 5.41) is 9.00. The summed E-state index contributed by atoms with van der Waals surface area (Å²) in [7, 11) is -0.772. The highest BCUT2D eigenvalue weighted by molar-refractivity contribution is 7.80. The summed E-state index contributed by atoms with van der Waals surface area (Å²) in [6.07, 6.45) is 0. The first-order valence-corrected chi connectivity index (χ1v) is 13.2. The molecule has 0 fully saturated rings. The topological polar surface area (TPSA) is 13.1 Å². The van der Waals surface area contributed by atoms with E-state index in [-0.39, 0.29) is 0 Å². The quantitative estimate of drug-likeness (QED) is 0.247. The van der Waals surface area contributed by atoms with Gasteiger partial charge in [0.25, 0.3) is 0 Å². The fraction of sp³-hybridized carbons (Fsp3) is 0. The van der Waals surface area contributed by atoms with Crippen molar-refractivity contribution in [3.8, 4) is 0 Å². The number of fused-ring (bicyclic) bond motifs is 6. The Hall–Kier alpha value is -3.45. The zero-order valence-corrected chi connectivity index (χ0v) is 19.4. The molecule has 156 valence electrons. The van der Waals surface area contributed by atoms with Crippen molar-refractivity contribution in [1.82, 2.24) is 0 Å². The van der Waals surface area contributed by atoms with Crippen molar-refractivity contribution in [2.45, 2.75) is 0 Å². The lowest BCUT2D eigenvalue weighted by molar-refractivity contribution is 0.671. The van der Waals surface area contributed by atoms with Gasteiger partial charge in [-0.15, -0.1) is 11.3 Å². The third kappa shape index (κ3) is 3.03. The Balaban J connectivity index is 1.51. The van der Waals surface area contributed by atoms with Gasteiger partial charge in [-0.2, -0.15) is 0 Å². The van der Waals surface area contributed by atoms with Crippen LogP contribution in [0.5, 0.6) is 0 Å². The summed E-state index contributed by atoms with van der Waals surface area (Å²) in [6, 6.07) is 41.5. The molecule has 0 spiro atoms. The first-order chi connectivity index (χ1) is 16.4. The highest BCUT2D eigenvalue weighted by Crippen LogP contribution is 2.41. The van der Waals surface area contributed by atoms with E-state index in [4.69, 9.17) is 4.42 Å². The minimum atomic E-state index is -0.772. The number of hydrogen-bond donors (Lipinski definition) is 0. The molecule has 0 bridgehead atoms. The molecule has 3 heteroatoms. The number of thiophene rings is 1. The maximum Gasteiger partial charge on any atom is 0.143 e. The number of furan rings is 1. The van der Waals surface area contributed by atoms with Gasteiger partial charge in [-0.3, -0.25) is 0 Å². The highest BCUT2D eigenvalue weighted by atomic mass is 32.1. The molecular formula is C30H19OPS. The van der Waals surface area contributed by atoms with Gasteiger partial charge in [-0.1, -0.05) is 97.1 Å². The molecule has 2 heterocycles. The SMILES string of the molecule is c1ccc([P@](c2ccc3c(c2)sc2ccccc23)c2cccc3c2oc2ccccc23)cc1. The maximum atomic E-state index is 6.46. The van der Waals surface area contributed by atoms with Gasteiger partial charge in [0.05, 0.1) is 0 Å². The number of hydrogen-bond acceptors (Lipinski definition) is 2. The van der Waals surface area contributed by atoms with Crippen LogP contribution in [0.1, 0.15) is 0 Å². The molecule has 0 aliphatic carbocycles. The van der Waals surface area contributed by atoms with Gasteiger partial charge in [-0.05, 0) is 36.7 Å². The Morgan fingerprint density at radius 3 is 2.15 bits per heavy atom. The molecule has 0 amide bonds. The fourth-order valence-electron chi connectivity index (χ4n) is 4.77. The zero-order chi connectivity index (χ0) is 21.8. The predicted octanol–water partition coefficient (Wildman–Crippen LogP) is 7.71. The van der Waals surface area contributed by atoms with Crippen LogP contribution >= 0.6 is 19.3 Å². The van der Waals surface area contributed by atoms with Crippen molar-refractivity contribution in [3.63, 3.8) is 0 Å². The lowest BCUT2D eigenvalue weighted by atomic mass is 10.1. The maximum absolute atomic E-state index is 6.46. The first-order valence-electron chi connectivity index (χ1n) is 11.0. The molecule has 7 aromatic rings. The van der Waals surface area contributed by atoms with Gasteiger partial charge in [0.15, 0.2) is 0 Å². The third-order valence-corrected chi connectivity index (χ3v) is 9.84. The molecule has 33 heavy (non-hydrogen) atoms. The van der Waals surface area contributed by atoms with E-state index in [2.05, 4.69) is 109 Å². The molecular weight excluding hydrogens is 439 g/mol. The van der Waals surface area contributed by atoms with Gasteiger partial charge in [0.2, 0.25) is 0 Å². The van der Waals surface area contributed by atoms with Gasteiger partial charge in [0, 0.05) is 36.2 Å². The number of rotatable bonds is 3. The Kier molecular flexibility index (Phi) is 4.36. The molecule has 0 aliphatic rings. The van der Waals surface area contributed by atoms with Crippen LogP contribution in [0.15, 0.2) is 120 Å². The standard InChI is InChI=1S/C30H19OPS/c1-2-9-20(10-3-1)32(21-17-18-24-23-12-5-7-16-28(23)33-29(24)19-21)27-15-8-13-25-22-11-4-6-14-26(22)31-30(25)27/h1-19H/t32-/m1/s1. The monoisotopic (exact) mass is 458 g/mol. The van der Waals surface area contributed by atoms with E-state index in [0.29, 0.717) is 0 Å². The molecule has 2 aromatic heterocycles. The van der Waals surface area contributed by atoms with Gasteiger partial charge in [-0.25, -0.2) is 0 Å². The molecule has 0 saturated carbocycles. The van der Waals surface area contributed by atoms with Gasteiger partial charge in [0.1, 0.15) is 11.2 Å². The molecule has 0 N–H and O–H groups in total. The first kappa shape index (κ1) is 19.1. The summed E-state index contributed by atoms with van der Waals surface area (Å²) >= 11 is 1.88. The summed E-state index contributed by atoms with van der Waals surface area (Å²) in [6.45, 7) is 0. The normalized spacial score (nSPS) is 12.7. The zero-order valence-electron chi connectivity index (χ0n) is 17.7. The largest absolute Gasteiger partial charge is 0.455 e. The summed E-state index contributed by atoms with van der Waals surface area (Å²) in [5.41, 5.74) is 1.95. The van der Waals surface area contributed by atoms with Crippen LogP contribution in [-0.4, -0.2) is 0 Å². The van der Waals surface area contributed by atoms with E-state index in [9.17, 15) is 0 Å². The molecule has 7 rings (SSSR count). The second-order valence-electron chi connectivity index (χ2n) is 8.20. The Morgan fingerprint density at radius 2 is 1.24 bits per heavy atom. The summed E-state index contributed by atoms with van der Waals surface area (Å²) < 4.78 is 9.14. The van der Waals surface area contributed by atoms with Crippen LogP contribution in [0.3, 0.4) is 0 Å². The lowest BCUT2D eigenvalue weighted by Crippen LogP contribution is -2.20. The van der Waals surface area contributed by atoms with Crippen molar-refractivity contribution >= 4 is 77.3 Å². The van der Waals surface area contributed by atoms with Crippen molar-refractivity contribution in [1.29, 1.82) is 0 Å². The molecule has 0 unspecified atom stereocenters. The van der Waals surface area contributed by atoms with Crippen LogP contribution in [0.2, 0.25) is 0 Å². The minimum absolute atomic E-state index is 0.772. The van der Waals surface area contributed by atoms with Gasteiger partial charge < -0.3 is 4.42 Å². The predicted molar refractivity (Wildman–Crippen MR) is 145 cm³/mol. The Labute approximate surface area is 196 Å². The van der Waals surface area contributed by atoms with Crippen molar-refractivity contribution in [2.75, 3.05) is 0 Å². The lowest BCUT2D eigenvalue weighted by Gasteiger charge is -2.19. The molecule has 0 aliphatic heterocycles. The number of para-hydroxylation sites is 2. The van der Waals surface area contributed by atoms with E-state index < -0.39 is 7.92 Å². The smallest absolute Gasteiger partial charge is 0.143 e. The second-order valence-corrected chi connectivity index (χ2v) is 11.5. The molecule has 5 aromatic carbocycles. The molecule has 1 nitrogen and oxygen atoms in total. The second kappa shape index (κ2) is 7.56. The van der Waals surface area contributed by atoms with Crippen LogP contribution in [0.25, 0.3) is 42.1 Å². The molecule has 0 radical (unpaired) electrons. The van der Waals surface area contributed by atoms with Crippen molar-refractivity contribution in [3.05, 3.63) is 115 Å². The molecule has 0 saturated heterocycles.